The standard InChI is InChI=1S/C17H28N2O5.ClH/c1-3-23-16(21)14(17(22)24-4-2)19-15(20)12-8-10-6-5-7-11(9-12)13(10)18;/h10-14H,3-9,18H2,1-2H3,(H,19,20);1H. The highest BCUT2D eigenvalue weighted by Gasteiger charge is 2.42. The number of ether oxygens (including phenoxy) is 2. The topological polar surface area (TPSA) is 108 Å². The molecule has 2 atom stereocenters. The Kier molecular flexibility index (Phi) is 8.65. The highest BCUT2D eigenvalue weighted by molar-refractivity contribution is 6.02. The Bertz CT molecular complexity index is 456. The molecule has 0 heterocycles. The lowest BCUT2D eigenvalue weighted by molar-refractivity contribution is -0.160. The summed E-state index contributed by atoms with van der Waals surface area (Å²) in [6, 6.07) is -1.23. The number of rotatable bonds is 6. The molecule has 8 heteroatoms. The Morgan fingerprint density at radius 2 is 1.52 bits per heavy atom. The van der Waals surface area contributed by atoms with Crippen molar-refractivity contribution in [1.82, 2.24) is 5.32 Å². The molecular weight excluding hydrogens is 348 g/mol. The molecule has 3 N–H and O–H groups in total. The van der Waals surface area contributed by atoms with Crippen molar-refractivity contribution in [3.05, 3.63) is 0 Å². The van der Waals surface area contributed by atoms with Gasteiger partial charge in [-0.25, -0.2) is 9.59 Å². The van der Waals surface area contributed by atoms with E-state index >= 15 is 0 Å². The predicted molar refractivity (Wildman–Crippen MR) is 94.0 cm³/mol. The largest absolute Gasteiger partial charge is 0.464 e. The zero-order valence-electron chi connectivity index (χ0n) is 14.9. The molecule has 2 aliphatic rings. The third kappa shape index (κ3) is 5.31. The zero-order chi connectivity index (χ0) is 17.7. The molecule has 2 aliphatic carbocycles. The van der Waals surface area contributed by atoms with E-state index in [1.807, 2.05) is 0 Å². The van der Waals surface area contributed by atoms with Gasteiger partial charge in [-0.1, -0.05) is 6.42 Å². The summed E-state index contributed by atoms with van der Waals surface area (Å²) in [5.74, 6) is -1.38. The highest BCUT2D eigenvalue weighted by atomic mass is 35.5. The van der Waals surface area contributed by atoms with Gasteiger partial charge < -0.3 is 20.5 Å². The average Bonchev–Trinajstić information content (AvgIpc) is 2.52. The number of halogens is 1. The smallest absolute Gasteiger partial charge is 0.340 e. The molecule has 0 saturated heterocycles. The van der Waals surface area contributed by atoms with Gasteiger partial charge in [0.15, 0.2) is 0 Å². The molecule has 2 unspecified atom stereocenters. The van der Waals surface area contributed by atoms with Crippen molar-refractivity contribution in [3.8, 4) is 0 Å². The second kappa shape index (κ2) is 9.97. The van der Waals surface area contributed by atoms with Crippen molar-refractivity contribution in [2.75, 3.05) is 13.2 Å². The average molecular weight is 377 g/mol. The molecule has 0 aromatic heterocycles. The van der Waals surface area contributed by atoms with Crippen LogP contribution in [-0.4, -0.2) is 43.1 Å². The number of nitrogens with two attached hydrogens (primary N) is 1. The van der Waals surface area contributed by atoms with Crippen LogP contribution in [0.1, 0.15) is 46.0 Å². The van der Waals surface area contributed by atoms with Crippen molar-refractivity contribution >= 4 is 30.3 Å². The minimum atomic E-state index is -1.40. The number of fused-ring (bicyclic) bond motifs is 2. The highest BCUT2D eigenvalue weighted by Crippen LogP contribution is 2.41. The van der Waals surface area contributed by atoms with Crippen LogP contribution in [0.3, 0.4) is 0 Å². The van der Waals surface area contributed by atoms with E-state index in [1.54, 1.807) is 13.8 Å². The maximum Gasteiger partial charge on any atom is 0.340 e. The van der Waals surface area contributed by atoms with Gasteiger partial charge in [-0.15, -0.1) is 12.4 Å². The van der Waals surface area contributed by atoms with Gasteiger partial charge in [0.05, 0.1) is 13.2 Å². The fourth-order valence-corrected chi connectivity index (χ4v) is 3.93. The number of nitrogens with one attached hydrogen (secondary N) is 1. The number of amides is 1. The summed E-state index contributed by atoms with van der Waals surface area (Å²) in [7, 11) is 0. The van der Waals surface area contributed by atoms with Crippen LogP contribution < -0.4 is 11.1 Å². The number of esters is 2. The summed E-state index contributed by atoms with van der Waals surface area (Å²) in [5.41, 5.74) is 6.24. The quantitative estimate of drug-likeness (QED) is 0.532. The fraction of sp³-hybridized carbons (Fsp3) is 0.824. The zero-order valence-corrected chi connectivity index (χ0v) is 15.7. The van der Waals surface area contributed by atoms with Gasteiger partial charge in [0, 0.05) is 12.0 Å². The Labute approximate surface area is 154 Å². The van der Waals surface area contributed by atoms with Crippen molar-refractivity contribution in [3.63, 3.8) is 0 Å². The third-order valence-corrected chi connectivity index (χ3v) is 5.12. The van der Waals surface area contributed by atoms with Crippen molar-refractivity contribution in [2.45, 2.75) is 58.0 Å². The van der Waals surface area contributed by atoms with E-state index < -0.39 is 18.0 Å². The monoisotopic (exact) mass is 376 g/mol. The molecule has 25 heavy (non-hydrogen) atoms. The first-order valence-corrected chi connectivity index (χ1v) is 8.87. The molecule has 0 spiro atoms. The Hall–Kier alpha value is -1.34. The molecule has 7 nitrogen and oxygen atoms in total. The van der Waals surface area contributed by atoms with Crippen molar-refractivity contribution in [2.24, 2.45) is 23.5 Å². The second-order valence-corrected chi connectivity index (χ2v) is 6.64. The maximum absolute atomic E-state index is 12.6. The molecule has 0 aromatic rings. The molecule has 144 valence electrons. The SMILES string of the molecule is CCOC(=O)C(NC(=O)C1CC2CCCC(C1)C2N)C(=O)OCC.Cl. The molecule has 2 saturated carbocycles. The summed E-state index contributed by atoms with van der Waals surface area (Å²) in [6.45, 7) is 3.55. The van der Waals surface area contributed by atoms with E-state index in [-0.39, 0.29) is 43.5 Å². The predicted octanol–water partition coefficient (Wildman–Crippen LogP) is 1.17. The first kappa shape index (κ1) is 21.7. The number of hydrogen-bond acceptors (Lipinski definition) is 6. The first-order valence-electron chi connectivity index (χ1n) is 8.87. The van der Waals surface area contributed by atoms with Crippen LogP contribution in [0.2, 0.25) is 0 Å². The molecular formula is C17H29ClN2O5. The van der Waals surface area contributed by atoms with Gasteiger partial charge in [-0.2, -0.15) is 0 Å². The minimum absolute atomic E-state index is 0. The van der Waals surface area contributed by atoms with E-state index in [0.29, 0.717) is 24.7 Å². The van der Waals surface area contributed by atoms with Crippen molar-refractivity contribution in [1.29, 1.82) is 0 Å². The van der Waals surface area contributed by atoms with Gasteiger partial charge in [0.1, 0.15) is 0 Å². The van der Waals surface area contributed by atoms with Crippen LogP contribution in [0.15, 0.2) is 0 Å². The summed E-state index contributed by atoms with van der Waals surface area (Å²) >= 11 is 0. The third-order valence-electron chi connectivity index (χ3n) is 5.12. The summed E-state index contributed by atoms with van der Waals surface area (Å²) in [6.07, 6.45) is 4.66. The van der Waals surface area contributed by atoms with Crippen LogP contribution in [0, 0.1) is 17.8 Å². The normalized spacial score (nSPS) is 27.8. The molecule has 2 bridgehead atoms. The number of hydrogen-bond donors (Lipinski definition) is 2. The van der Waals surface area contributed by atoms with Crippen molar-refractivity contribution < 1.29 is 23.9 Å². The first-order chi connectivity index (χ1) is 11.5. The number of carbonyl (C=O) groups excluding carboxylic acids is 3. The van der Waals surface area contributed by atoms with Gasteiger partial charge in [0.2, 0.25) is 11.9 Å². The Balaban J connectivity index is 0.00000312. The fourth-order valence-electron chi connectivity index (χ4n) is 3.93. The van der Waals surface area contributed by atoms with Gasteiger partial charge in [-0.05, 0) is 51.4 Å². The molecule has 2 rings (SSSR count). The van der Waals surface area contributed by atoms with Gasteiger partial charge >= 0.3 is 11.9 Å². The number of carbonyl (C=O) groups is 3. The summed E-state index contributed by atoms with van der Waals surface area (Å²) in [4.78, 5) is 36.5. The van der Waals surface area contributed by atoms with E-state index in [1.165, 1.54) is 0 Å². The molecule has 0 radical (unpaired) electrons. The van der Waals surface area contributed by atoms with Gasteiger partial charge in [-0.3, -0.25) is 4.79 Å². The lowest BCUT2D eigenvalue weighted by Gasteiger charge is -2.43. The Morgan fingerprint density at radius 3 is 1.96 bits per heavy atom. The van der Waals surface area contributed by atoms with E-state index in [4.69, 9.17) is 15.2 Å². The summed E-state index contributed by atoms with van der Waals surface area (Å²) < 4.78 is 9.75. The van der Waals surface area contributed by atoms with E-state index in [9.17, 15) is 14.4 Å². The van der Waals surface area contributed by atoms with Gasteiger partial charge in [0.25, 0.3) is 0 Å². The van der Waals surface area contributed by atoms with Crippen LogP contribution in [0.5, 0.6) is 0 Å². The van der Waals surface area contributed by atoms with E-state index in [0.717, 1.165) is 19.3 Å². The second-order valence-electron chi connectivity index (χ2n) is 6.64. The molecule has 0 aliphatic heterocycles. The lowest BCUT2D eigenvalue weighted by atomic mass is 9.65. The van der Waals surface area contributed by atoms with E-state index in [2.05, 4.69) is 5.32 Å². The van der Waals surface area contributed by atoms with Crippen LogP contribution in [0.4, 0.5) is 0 Å². The summed E-state index contributed by atoms with van der Waals surface area (Å²) in [5, 5.41) is 2.53. The molecule has 1 amide bonds. The molecule has 2 fully saturated rings. The van der Waals surface area contributed by atoms with Crippen LogP contribution >= 0.6 is 12.4 Å². The maximum atomic E-state index is 12.6. The minimum Gasteiger partial charge on any atom is -0.464 e. The van der Waals surface area contributed by atoms with Crippen LogP contribution in [0.25, 0.3) is 0 Å². The lowest BCUT2D eigenvalue weighted by Crippen LogP contribution is -2.53. The van der Waals surface area contributed by atoms with Crippen LogP contribution in [-0.2, 0) is 23.9 Å². The Morgan fingerprint density at radius 1 is 1.04 bits per heavy atom. The molecule has 0 aromatic carbocycles.